The number of rotatable bonds is 9. The van der Waals surface area contributed by atoms with Crippen LogP contribution in [-0.2, 0) is 28.6 Å². The van der Waals surface area contributed by atoms with Gasteiger partial charge in [0.25, 0.3) is 0 Å². The van der Waals surface area contributed by atoms with E-state index in [1.807, 2.05) is 6.92 Å². The van der Waals surface area contributed by atoms with Crippen LogP contribution in [-0.4, -0.2) is 47.9 Å². The van der Waals surface area contributed by atoms with Gasteiger partial charge in [0.1, 0.15) is 18.8 Å². The molecule has 0 aromatic carbocycles. The number of esters is 2. The maximum Gasteiger partial charge on any atom is 0.303 e. The molecule has 0 amide bonds. The lowest BCUT2D eigenvalue weighted by Crippen LogP contribution is -2.52. The second-order valence-corrected chi connectivity index (χ2v) is 6.80. The maximum absolute atomic E-state index is 11.4. The molecule has 5 atom stereocenters. The summed E-state index contributed by atoms with van der Waals surface area (Å²) in [6.45, 7) is 6.81. The Hall–Kier alpha value is -1.63. The van der Waals surface area contributed by atoms with Crippen molar-refractivity contribution in [1.82, 2.24) is 0 Å². The number of carboxylic acids is 1. The van der Waals surface area contributed by atoms with Crippen LogP contribution in [0.5, 0.6) is 0 Å². The summed E-state index contributed by atoms with van der Waals surface area (Å²) in [5.74, 6) is -1.31. The van der Waals surface area contributed by atoms with Crippen LogP contribution in [0, 0.1) is 11.8 Å². The van der Waals surface area contributed by atoms with E-state index in [9.17, 15) is 14.4 Å². The van der Waals surface area contributed by atoms with Gasteiger partial charge in [-0.15, -0.1) is 0 Å². The third kappa shape index (κ3) is 7.42. The number of unbranched alkanes of at least 4 members (excludes halogenated alkanes) is 2. The predicted octanol–water partition coefficient (Wildman–Crippen LogP) is 2.56. The molecule has 0 spiro atoms. The van der Waals surface area contributed by atoms with E-state index in [1.165, 1.54) is 13.8 Å². The average Bonchev–Trinajstić information content (AvgIpc) is 2.51. The van der Waals surface area contributed by atoms with Crippen molar-refractivity contribution >= 4 is 17.9 Å². The van der Waals surface area contributed by atoms with Gasteiger partial charge in [-0.05, 0) is 18.8 Å². The molecule has 0 bridgehead atoms. The molecule has 1 heterocycles. The number of carbonyl (C=O) groups is 3. The van der Waals surface area contributed by atoms with Crippen molar-refractivity contribution in [3.63, 3.8) is 0 Å². The summed E-state index contributed by atoms with van der Waals surface area (Å²) in [6.07, 6.45) is 2.36. The zero-order valence-electron chi connectivity index (χ0n) is 15.5. The van der Waals surface area contributed by atoms with Crippen molar-refractivity contribution < 1.29 is 33.7 Å². The lowest BCUT2D eigenvalue weighted by Gasteiger charge is -2.44. The Balaban J connectivity index is 2.63. The van der Waals surface area contributed by atoms with E-state index in [-0.39, 0.29) is 36.9 Å². The van der Waals surface area contributed by atoms with E-state index in [0.717, 1.165) is 19.3 Å². The summed E-state index contributed by atoms with van der Waals surface area (Å²) < 4.78 is 16.6. The van der Waals surface area contributed by atoms with Gasteiger partial charge in [0.2, 0.25) is 0 Å². The normalized spacial score (nSPS) is 29.0. The Labute approximate surface area is 149 Å². The summed E-state index contributed by atoms with van der Waals surface area (Å²) >= 11 is 0. The molecule has 7 nitrogen and oxygen atoms in total. The largest absolute Gasteiger partial charge is 0.481 e. The Morgan fingerprint density at radius 1 is 0.960 bits per heavy atom. The molecule has 25 heavy (non-hydrogen) atoms. The molecule has 2 unspecified atom stereocenters. The molecule has 0 aromatic heterocycles. The summed E-state index contributed by atoms with van der Waals surface area (Å²) in [5, 5.41) is 8.67. The molecule has 1 aliphatic rings. The van der Waals surface area contributed by atoms with Crippen LogP contribution in [0.25, 0.3) is 0 Å². The van der Waals surface area contributed by atoms with E-state index < -0.39 is 24.1 Å². The molecule has 1 N–H and O–H groups in total. The van der Waals surface area contributed by atoms with Gasteiger partial charge >= 0.3 is 17.9 Å². The van der Waals surface area contributed by atoms with Crippen molar-refractivity contribution in [2.24, 2.45) is 11.8 Å². The number of hydrogen-bond acceptors (Lipinski definition) is 6. The third-order valence-corrected chi connectivity index (χ3v) is 4.78. The fourth-order valence-corrected chi connectivity index (χ4v) is 3.24. The highest BCUT2D eigenvalue weighted by Gasteiger charge is 2.43. The van der Waals surface area contributed by atoms with Crippen molar-refractivity contribution in [1.29, 1.82) is 0 Å². The van der Waals surface area contributed by atoms with Gasteiger partial charge in [0, 0.05) is 26.2 Å². The van der Waals surface area contributed by atoms with Gasteiger partial charge in [-0.2, -0.15) is 0 Å². The third-order valence-electron chi connectivity index (χ3n) is 4.78. The fourth-order valence-electron chi connectivity index (χ4n) is 3.24. The minimum Gasteiger partial charge on any atom is -0.481 e. The van der Waals surface area contributed by atoms with E-state index in [2.05, 4.69) is 6.92 Å². The van der Waals surface area contributed by atoms with Crippen LogP contribution in [0.15, 0.2) is 0 Å². The van der Waals surface area contributed by atoms with Crippen molar-refractivity contribution in [3.05, 3.63) is 0 Å². The zero-order chi connectivity index (χ0) is 19.0. The van der Waals surface area contributed by atoms with Crippen LogP contribution < -0.4 is 0 Å². The molecule has 0 saturated carbocycles. The van der Waals surface area contributed by atoms with Gasteiger partial charge in [0.15, 0.2) is 0 Å². The average molecular weight is 358 g/mol. The molecule has 7 heteroatoms. The first-order chi connectivity index (χ1) is 11.7. The van der Waals surface area contributed by atoms with Crippen LogP contribution in [0.2, 0.25) is 0 Å². The van der Waals surface area contributed by atoms with Crippen molar-refractivity contribution in [2.45, 2.75) is 78.1 Å². The standard InChI is InChI=1S/C18H30O7/c1-11-12(2)18(24-14(4)20)16(10-23-13(3)19)25-15(11)8-6-5-7-9-17(21)22/h11-12,15-16,18H,5-10H2,1-4H3,(H,21,22)/t11?,12-,15+,16?,18-/m1/s1. The molecular weight excluding hydrogens is 328 g/mol. The minimum atomic E-state index is -0.776. The van der Waals surface area contributed by atoms with E-state index >= 15 is 0 Å². The number of aliphatic carboxylic acids is 1. The second-order valence-electron chi connectivity index (χ2n) is 6.80. The van der Waals surface area contributed by atoms with Crippen LogP contribution in [0.3, 0.4) is 0 Å². The number of carboxylic acid groups (broad SMARTS) is 1. The van der Waals surface area contributed by atoms with Gasteiger partial charge in [-0.1, -0.05) is 26.7 Å². The minimum absolute atomic E-state index is 0.0350. The molecular formula is C18H30O7. The Morgan fingerprint density at radius 3 is 2.20 bits per heavy atom. The first kappa shape index (κ1) is 21.4. The molecule has 1 rings (SSSR count). The Bertz CT molecular complexity index is 462. The van der Waals surface area contributed by atoms with Crippen molar-refractivity contribution in [3.8, 4) is 0 Å². The van der Waals surface area contributed by atoms with Crippen LogP contribution >= 0.6 is 0 Å². The lowest BCUT2D eigenvalue weighted by atomic mass is 9.79. The van der Waals surface area contributed by atoms with Gasteiger partial charge in [0.05, 0.1) is 6.10 Å². The van der Waals surface area contributed by atoms with Gasteiger partial charge in [-0.25, -0.2) is 0 Å². The maximum atomic E-state index is 11.4. The molecule has 1 saturated heterocycles. The highest BCUT2D eigenvalue weighted by Crippen LogP contribution is 2.35. The van der Waals surface area contributed by atoms with Crippen molar-refractivity contribution in [2.75, 3.05) is 6.61 Å². The first-order valence-corrected chi connectivity index (χ1v) is 8.90. The number of carbonyl (C=O) groups excluding carboxylic acids is 2. The smallest absolute Gasteiger partial charge is 0.303 e. The predicted molar refractivity (Wildman–Crippen MR) is 89.9 cm³/mol. The highest BCUT2D eigenvalue weighted by molar-refractivity contribution is 5.67. The fraction of sp³-hybridized carbons (Fsp3) is 0.833. The molecule has 1 fully saturated rings. The van der Waals surface area contributed by atoms with Gasteiger partial charge in [-0.3, -0.25) is 14.4 Å². The first-order valence-electron chi connectivity index (χ1n) is 8.90. The molecule has 0 radical (unpaired) electrons. The monoisotopic (exact) mass is 358 g/mol. The Morgan fingerprint density at radius 2 is 1.64 bits per heavy atom. The topological polar surface area (TPSA) is 99.1 Å². The number of hydrogen-bond donors (Lipinski definition) is 1. The second kappa shape index (κ2) is 10.4. The molecule has 1 aliphatic heterocycles. The zero-order valence-corrected chi connectivity index (χ0v) is 15.5. The van der Waals surface area contributed by atoms with E-state index in [0.29, 0.717) is 6.42 Å². The summed E-state index contributed by atoms with van der Waals surface area (Å²) in [5.41, 5.74) is 0. The van der Waals surface area contributed by atoms with E-state index in [4.69, 9.17) is 19.3 Å². The summed E-state index contributed by atoms with van der Waals surface area (Å²) in [7, 11) is 0. The van der Waals surface area contributed by atoms with Crippen LogP contribution in [0.4, 0.5) is 0 Å². The summed E-state index contributed by atoms with van der Waals surface area (Å²) in [6, 6.07) is 0. The molecule has 144 valence electrons. The quantitative estimate of drug-likeness (QED) is 0.499. The Kier molecular flexibility index (Phi) is 8.89. The van der Waals surface area contributed by atoms with E-state index in [1.54, 1.807) is 0 Å². The van der Waals surface area contributed by atoms with Gasteiger partial charge < -0.3 is 19.3 Å². The van der Waals surface area contributed by atoms with Crippen LogP contribution in [0.1, 0.15) is 59.8 Å². The summed E-state index contributed by atoms with van der Waals surface area (Å²) in [4.78, 5) is 33.0. The SMILES string of the molecule is CC(=O)OCC1O[C@@H](CCCCCC(=O)O)C(C)[C@@H](C)[C@H]1OC(C)=O. The lowest BCUT2D eigenvalue weighted by molar-refractivity contribution is -0.206. The molecule has 0 aromatic rings. The highest BCUT2D eigenvalue weighted by atomic mass is 16.6. The number of ether oxygens (including phenoxy) is 3. The molecule has 0 aliphatic carbocycles.